The minimum Gasteiger partial charge on any atom is -0.394 e. The predicted molar refractivity (Wildman–Crippen MR) is 309 cm³/mol. The fraction of sp³-hybridized carbons (Fsp3) is 0.823. The number of rotatable bonds is 45. The smallest absolute Gasteiger partial charge is 0.220 e. The normalized spacial score (nSPS) is 30.2. The van der Waals surface area contributed by atoms with Crippen LogP contribution in [0, 0.1) is 0 Å². The van der Waals surface area contributed by atoms with Gasteiger partial charge in [-0.1, -0.05) is 177 Å². The van der Waals surface area contributed by atoms with Crippen molar-refractivity contribution >= 4 is 5.91 Å². The molecule has 17 unspecified atom stereocenters. The monoisotopic (exact) mass is 1160 g/mol. The molecule has 19 heteroatoms. The molecule has 0 aliphatic carbocycles. The highest BCUT2D eigenvalue weighted by molar-refractivity contribution is 5.76. The lowest BCUT2D eigenvalue weighted by atomic mass is 9.96. The second kappa shape index (κ2) is 44.9. The van der Waals surface area contributed by atoms with Crippen molar-refractivity contribution < 1.29 is 89.4 Å². The van der Waals surface area contributed by atoms with Gasteiger partial charge in [0.15, 0.2) is 18.9 Å². The van der Waals surface area contributed by atoms with Crippen molar-refractivity contribution in [2.24, 2.45) is 0 Å². The predicted octanol–water partition coefficient (Wildman–Crippen LogP) is 6.04. The van der Waals surface area contributed by atoms with Crippen LogP contribution in [0.1, 0.15) is 194 Å². The Labute approximate surface area is 484 Å². The Balaban J connectivity index is 1.51. The summed E-state index contributed by atoms with van der Waals surface area (Å²) in [6, 6.07) is -1.01. The molecule has 0 bridgehead atoms. The van der Waals surface area contributed by atoms with Crippen molar-refractivity contribution in [1.82, 2.24) is 5.32 Å². The van der Waals surface area contributed by atoms with E-state index in [0.29, 0.717) is 12.8 Å². The molecule has 3 aliphatic rings. The van der Waals surface area contributed by atoms with E-state index in [-0.39, 0.29) is 18.9 Å². The molecule has 1 amide bonds. The van der Waals surface area contributed by atoms with Crippen molar-refractivity contribution in [2.45, 2.75) is 298 Å². The summed E-state index contributed by atoms with van der Waals surface area (Å²) in [5.74, 6) is -0.306. The maximum absolute atomic E-state index is 13.3. The van der Waals surface area contributed by atoms with E-state index >= 15 is 0 Å². The van der Waals surface area contributed by atoms with E-state index in [1.54, 1.807) is 6.08 Å². The Kier molecular flexibility index (Phi) is 40.3. The van der Waals surface area contributed by atoms with Crippen LogP contribution in [0.4, 0.5) is 0 Å². The first-order valence-corrected chi connectivity index (χ1v) is 31.0. The molecule has 0 radical (unpaired) electrons. The van der Waals surface area contributed by atoms with Gasteiger partial charge in [-0.05, 0) is 70.6 Å². The number of allylic oxidation sites excluding steroid dienone is 9. The van der Waals surface area contributed by atoms with Gasteiger partial charge in [-0.2, -0.15) is 0 Å². The molecule has 19 nitrogen and oxygen atoms in total. The average molecular weight is 1160 g/mol. The van der Waals surface area contributed by atoms with Gasteiger partial charge in [-0.25, -0.2) is 0 Å². The number of carbonyl (C=O) groups excluding carboxylic acids is 1. The number of unbranched alkanes of at least 4 members (excludes halogenated alkanes) is 21. The van der Waals surface area contributed by atoms with Gasteiger partial charge >= 0.3 is 0 Å². The molecule has 470 valence electrons. The number of hydrogen-bond donors (Lipinski definition) is 12. The molecule has 3 heterocycles. The Morgan fingerprint density at radius 1 is 0.444 bits per heavy atom. The van der Waals surface area contributed by atoms with Crippen LogP contribution in [0.25, 0.3) is 0 Å². The third kappa shape index (κ3) is 28.5. The molecule has 3 rings (SSSR count). The summed E-state index contributed by atoms with van der Waals surface area (Å²) in [4.78, 5) is 13.3. The molecule has 3 saturated heterocycles. The number of nitrogens with one attached hydrogen (secondary N) is 1. The zero-order valence-corrected chi connectivity index (χ0v) is 49.0. The highest BCUT2D eigenvalue weighted by atomic mass is 16.8. The lowest BCUT2D eigenvalue weighted by Gasteiger charge is -2.48. The van der Waals surface area contributed by atoms with Crippen molar-refractivity contribution in [1.29, 1.82) is 0 Å². The second-order valence-corrected chi connectivity index (χ2v) is 22.1. The summed E-state index contributed by atoms with van der Waals surface area (Å²) in [5.41, 5.74) is 0. The molecule has 0 aromatic heterocycles. The van der Waals surface area contributed by atoms with Crippen LogP contribution in [0.3, 0.4) is 0 Å². The fourth-order valence-electron chi connectivity index (χ4n) is 10.1. The first-order valence-electron chi connectivity index (χ1n) is 31.0. The number of aliphatic hydroxyl groups excluding tert-OH is 11. The summed E-state index contributed by atoms with van der Waals surface area (Å²) in [6.45, 7) is 1.63. The van der Waals surface area contributed by atoms with E-state index in [1.807, 2.05) is 6.08 Å². The van der Waals surface area contributed by atoms with Crippen LogP contribution in [0.2, 0.25) is 0 Å². The molecule has 3 fully saturated rings. The maximum atomic E-state index is 13.3. The first kappa shape index (κ1) is 72.7. The molecule has 12 N–H and O–H groups in total. The van der Waals surface area contributed by atoms with E-state index in [9.17, 15) is 61.0 Å². The van der Waals surface area contributed by atoms with E-state index < -0.39 is 124 Å². The van der Waals surface area contributed by atoms with Gasteiger partial charge < -0.3 is 89.9 Å². The van der Waals surface area contributed by atoms with Crippen LogP contribution in [-0.2, 0) is 33.2 Å². The molecule has 0 aromatic rings. The quantitative estimate of drug-likeness (QED) is 0.0244. The van der Waals surface area contributed by atoms with E-state index in [4.69, 9.17) is 28.4 Å². The molecule has 3 aliphatic heterocycles. The van der Waals surface area contributed by atoms with Gasteiger partial charge in [0.25, 0.3) is 0 Å². The zero-order valence-electron chi connectivity index (χ0n) is 49.0. The largest absolute Gasteiger partial charge is 0.394 e. The summed E-state index contributed by atoms with van der Waals surface area (Å²) in [5, 5.41) is 120. The van der Waals surface area contributed by atoms with Crippen molar-refractivity contribution in [2.75, 3.05) is 26.4 Å². The Hall–Kier alpha value is -2.51. The van der Waals surface area contributed by atoms with Crippen LogP contribution >= 0.6 is 0 Å². The van der Waals surface area contributed by atoms with Crippen LogP contribution in [0.5, 0.6) is 0 Å². The van der Waals surface area contributed by atoms with Crippen LogP contribution < -0.4 is 5.32 Å². The maximum Gasteiger partial charge on any atom is 0.220 e. The SMILES string of the molecule is CCCC/C=C\C/C=C\CCCCCCCC(=O)NC(COC1OC(CO)C(OC2OC(CO)C(OC3OC(CO)C(O)C(O)C3O)C(O)C2O)C(O)C1O)C(O)/C=C/CC/C=C/CC/C=C/CCCCCCCCCCCCCC. The lowest BCUT2D eigenvalue weighted by Crippen LogP contribution is -2.66. The van der Waals surface area contributed by atoms with Gasteiger partial charge in [-0.3, -0.25) is 4.79 Å². The Morgan fingerprint density at radius 3 is 1.35 bits per heavy atom. The zero-order chi connectivity index (χ0) is 59.0. The summed E-state index contributed by atoms with van der Waals surface area (Å²) >= 11 is 0. The van der Waals surface area contributed by atoms with Crippen molar-refractivity contribution in [3.05, 3.63) is 60.8 Å². The van der Waals surface area contributed by atoms with E-state index in [2.05, 4.69) is 67.8 Å². The molecule has 0 saturated carbocycles. The lowest BCUT2D eigenvalue weighted by molar-refractivity contribution is -0.379. The van der Waals surface area contributed by atoms with Gasteiger partial charge in [0.05, 0.1) is 38.6 Å². The number of amides is 1. The third-order valence-electron chi connectivity index (χ3n) is 15.3. The Bertz CT molecular complexity index is 1710. The minimum absolute atomic E-state index is 0.213. The standard InChI is InChI=1S/C62H109NO18/c1-3-5-7-9-11-13-15-17-19-20-21-22-23-24-25-26-27-29-31-33-35-37-39-46(67)45(63-50(68)40-38-36-34-32-30-28-18-16-14-12-10-8-6-4-2)44-76-60-56(74)53(71)58(48(42-65)78-60)81-62-57(75)54(72)59(49(43-66)79-62)80-61-55(73)52(70)51(69)47(41-64)77-61/h10,12,16,18,24-25,29,31,37,39,45-49,51-62,64-67,69-75H,3-9,11,13-15,17,19-23,26-28,30,32-36,38,40-44H2,1-2H3,(H,63,68)/b12-10-,18-16-,25-24+,31-29+,39-37+. The molecular formula is C62H109NO18. The number of carbonyl (C=O) groups is 1. The topological polar surface area (TPSA) is 307 Å². The van der Waals surface area contributed by atoms with Crippen LogP contribution in [-0.4, -0.2) is 193 Å². The molecule has 0 aromatic carbocycles. The summed E-state index contributed by atoms with van der Waals surface area (Å²) in [7, 11) is 0. The van der Waals surface area contributed by atoms with Crippen molar-refractivity contribution in [3.8, 4) is 0 Å². The number of ether oxygens (including phenoxy) is 6. The minimum atomic E-state index is -1.98. The van der Waals surface area contributed by atoms with E-state index in [0.717, 1.165) is 70.6 Å². The summed E-state index contributed by atoms with van der Waals surface area (Å²) < 4.78 is 34.2. The van der Waals surface area contributed by atoms with Gasteiger partial charge in [-0.15, -0.1) is 0 Å². The molecule has 0 spiro atoms. The van der Waals surface area contributed by atoms with Gasteiger partial charge in [0.1, 0.15) is 73.2 Å². The van der Waals surface area contributed by atoms with Gasteiger partial charge in [0, 0.05) is 6.42 Å². The van der Waals surface area contributed by atoms with Crippen LogP contribution in [0.15, 0.2) is 60.8 Å². The fourth-order valence-corrected chi connectivity index (χ4v) is 10.1. The van der Waals surface area contributed by atoms with Gasteiger partial charge in [0.2, 0.25) is 5.91 Å². The van der Waals surface area contributed by atoms with E-state index in [1.165, 1.54) is 89.9 Å². The molecule has 81 heavy (non-hydrogen) atoms. The second-order valence-electron chi connectivity index (χ2n) is 22.1. The summed E-state index contributed by atoms with van der Waals surface area (Å²) in [6.07, 6.45) is 24.9. The van der Waals surface area contributed by atoms with Crippen molar-refractivity contribution in [3.63, 3.8) is 0 Å². The third-order valence-corrected chi connectivity index (χ3v) is 15.3. The first-order chi connectivity index (χ1) is 39.3. The Morgan fingerprint density at radius 2 is 0.840 bits per heavy atom. The number of hydrogen-bond acceptors (Lipinski definition) is 18. The average Bonchev–Trinajstić information content (AvgIpc) is 3.48. The highest BCUT2D eigenvalue weighted by Gasteiger charge is 2.53. The molecular weight excluding hydrogens is 1050 g/mol. The molecule has 17 atom stereocenters. The highest BCUT2D eigenvalue weighted by Crippen LogP contribution is 2.33. The number of aliphatic hydroxyl groups is 11.